The van der Waals surface area contributed by atoms with Gasteiger partial charge >= 0.3 is 0 Å². The van der Waals surface area contributed by atoms with Gasteiger partial charge in [-0.05, 0) is 60.6 Å². The quantitative estimate of drug-likeness (QED) is 0.670. The number of ether oxygens (including phenoxy) is 2. The molecule has 1 saturated heterocycles. The first kappa shape index (κ1) is 22.7. The molecular formula is C23H27N3O4S. The Balaban J connectivity index is 1.53. The van der Waals surface area contributed by atoms with E-state index in [1.165, 1.54) is 0 Å². The van der Waals surface area contributed by atoms with Crippen molar-refractivity contribution in [2.75, 3.05) is 38.2 Å². The standard InChI is InChI=1S/C23H27N3O4S/c1-16(2)15-30-20-5-3-4-18(14-20)21(27)25-23(31)24-19-8-6-17(7-9-19)22(28)26-10-12-29-13-11-26/h3-9,14,16H,10-13,15H2,1-2H3,(H2,24,25,27,31). The SMILES string of the molecule is CC(C)COc1cccc(C(=O)NC(=S)Nc2ccc(C(=O)N3CCOCC3)cc2)c1. The molecule has 3 rings (SSSR count). The zero-order chi connectivity index (χ0) is 22.2. The predicted octanol–water partition coefficient (Wildman–Crippen LogP) is 3.32. The molecule has 2 aromatic carbocycles. The topological polar surface area (TPSA) is 79.9 Å². The summed E-state index contributed by atoms with van der Waals surface area (Å²) in [7, 11) is 0. The Hall–Kier alpha value is -2.97. The van der Waals surface area contributed by atoms with Crippen molar-refractivity contribution in [1.29, 1.82) is 0 Å². The van der Waals surface area contributed by atoms with E-state index in [0.717, 1.165) is 0 Å². The zero-order valence-electron chi connectivity index (χ0n) is 17.7. The molecular weight excluding hydrogens is 414 g/mol. The summed E-state index contributed by atoms with van der Waals surface area (Å²) in [6.07, 6.45) is 0. The third-order valence-electron chi connectivity index (χ3n) is 4.59. The number of carbonyl (C=O) groups is 2. The summed E-state index contributed by atoms with van der Waals surface area (Å²) in [5.41, 5.74) is 1.73. The van der Waals surface area contributed by atoms with E-state index in [4.69, 9.17) is 21.7 Å². The first-order valence-corrected chi connectivity index (χ1v) is 10.7. The lowest BCUT2D eigenvalue weighted by Crippen LogP contribution is -2.40. The van der Waals surface area contributed by atoms with Crippen molar-refractivity contribution < 1.29 is 19.1 Å². The molecule has 0 aromatic heterocycles. The fourth-order valence-corrected chi connectivity index (χ4v) is 3.18. The van der Waals surface area contributed by atoms with Gasteiger partial charge in [-0.1, -0.05) is 19.9 Å². The number of hydrogen-bond acceptors (Lipinski definition) is 5. The summed E-state index contributed by atoms with van der Waals surface area (Å²) in [6.45, 7) is 7.02. The molecule has 2 N–H and O–H groups in total. The van der Waals surface area contributed by atoms with Crippen LogP contribution in [0.5, 0.6) is 5.75 Å². The van der Waals surface area contributed by atoms with Gasteiger partial charge in [-0.3, -0.25) is 14.9 Å². The maximum atomic E-state index is 12.5. The van der Waals surface area contributed by atoms with Gasteiger partial charge in [-0.15, -0.1) is 0 Å². The lowest BCUT2D eigenvalue weighted by molar-refractivity contribution is 0.0303. The summed E-state index contributed by atoms with van der Waals surface area (Å²) in [6, 6.07) is 14.0. The van der Waals surface area contributed by atoms with Crippen LogP contribution in [0, 0.1) is 5.92 Å². The van der Waals surface area contributed by atoms with E-state index >= 15 is 0 Å². The molecule has 1 heterocycles. The summed E-state index contributed by atoms with van der Waals surface area (Å²) in [4.78, 5) is 26.8. The van der Waals surface area contributed by atoms with Crippen LogP contribution in [0.2, 0.25) is 0 Å². The van der Waals surface area contributed by atoms with E-state index in [-0.39, 0.29) is 16.9 Å². The number of nitrogens with one attached hydrogen (secondary N) is 2. The number of hydrogen-bond donors (Lipinski definition) is 2. The minimum atomic E-state index is -0.327. The number of rotatable bonds is 6. The molecule has 31 heavy (non-hydrogen) atoms. The van der Waals surface area contributed by atoms with Crippen LogP contribution in [0.25, 0.3) is 0 Å². The first-order valence-electron chi connectivity index (χ1n) is 10.2. The first-order chi connectivity index (χ1) is 14.9. The van der Waals surface area contributed by atoms with Gasteiger partial charge in [0.1, 0.15) is 5.75 Å². The normalized spacial score (nSPS) is 13.6. The molecule has 0 unspecified atom stereocenters. The van der Waals surface area contributed by atoms with Crippen LogP contribution in [-0.4, -0.2) is 54.7 Å². The third kappa shape index (κ3) is 6.77. The fraction of sp³-hybridized carbons (Fsp3) is 0.348. The number of amides is 2. The second kappa shape index (κ2) is 10.9. The van der Waals surface area contributed by atoms with Gasteiger partial charge in [0.05, 0.1) is 19.8 Å². The number of carbonyl (C=O) groups excluding carboxylic acids is 2. The van der Waals surface area contributed by atoms with Crippen molar-refractivity contribution in [3.05, 3.63) is 59.7 Å². The van der Waals surface area contributed by atoms with Crippen LogP contribution in [0.1, 0.15) is 34.6 Å². The Bertz CT molecular complexity index is 925. The van der Waals surface area contributed by atoms with E-state index in [0.29, 0.717) is 61.4 Å². The van der Waals surface area contributed by atoms with E-state index in [1.807, 2.05) is 6.07 Å². The second-order valence-electron chi connectivity index (χ2n) is 7.62. The number of morpholine rings is 1. The van der Waals surface area contributed by atoms with Crippen molar-refractivity contribution in [1.82, 2.24) is 10.2 Å². The highest BCUT2D eigenvalue weighted by Gasteiger charge is 2.18. The zero-order valence-corrected chi connectivity index (χ0v) is 18.5. The molecule has 1 fully saturated rings. The van der Waals surface area contributed by atoms with Gasteiger partial charge in [-0.2, -0.15) is 0 Å². The smallest absolute Gasteiger partial charge is 0.257 e. The molecule has 2 aromatic rings. The van der Waals surface area contributed by atoms with Gasteiger partial charge in [0.25, 0.3) is 11.8 Å². The van der Waals surface area contributed by atoms with Crippen molar-refractivity contribution in [2.24, 2.45) is 5.92 Å². The average Bonchev–Trinajstić information content (AvgIpc) is 2.78. The van der Waals surface area contributed by atoms with Gasteiger partial charge in [0.2, 0.25) is 0 Å². The highest BCUT2D eigenvalue weighted by atomic mass is 32.1. The minimum Gasteiger partial charge on any atom is -0.493 e. The van der Waals surface area contributed by atoms with Crippen LogP contribution in [0.4, 0.5) is 5.69 Å². The summed E-state index contributed by atoms with van der Waals surface area (Å²) in [5.74, 6) is 0.683. The average molecular weight is 442 g/mol. The van der Waals surface area contributed by atoms with Gasteiger partial charge in [-0.25, -0.2) is 0 Å². The minimum absolute atomic E-state index is 0.0229. The van der Waals surface area contributed by atoms with Crippen LogP contribution in [0.3, 0.4) is 0 Å². The Kier molecular flexibility index (Phi) is 7.97. The van der Waals surface area contributed by atoms with E-state index < -0.39 is 0 Å². The molecule has 0 aliphatic carbocycles. The van der Waals surface area contributed by atoms with Crippen LogP contribution >= 0.6 is 12.2 Å². The fourth-order valence-electron chi connectivity index (χ4n) is 2.97. The molecule has 8 heteroatoms. The number of anilines is 1. The monoisotopic (exact) mass is 441 g/mol. The maximum Gasteiger partial charge on any atom is 0.257 e. The molecule has 164 valence electrons. The lowest BCUT2D eigenvalue weighted by Gasteiger charge is -2.26. The van der Waals surface area contributed by atoms with E-state index in [9.17, 15) is 9.59 Å². The third-order valence-corrected chi connectivity index (χ3v) is 4.80. The van der Waals surface area contributed by atoms with Crippen molar-refractivity contribution in [3.63, 3.8) is 0 Å². The molecule has 7 nitrogen and oxygen atoms in total. The molecule has 1 aliphatic rings. The lowest BCUT2D eigenvalue weighted by atomic mass is 10.1. The molecule has 0 atom stereocenters. The predicted molar refractivity (Wildman–Crippen MR) is 124 cm³/mol. The Labute approximate surface area is 187 Å². The summed E-state index contributed by atoms with van der Waals surface area (Å²) >= 11 is 5.25. The van der Waals surface area contributed by atoms with E-state index in [1.54, 1.807) is 47.4 Å². The largest absolute Gasteiger partial charge is 0.493 e. The molecule has 0 spiro atoms. The molecule has 0 radical (unpaired) electrons. The highest BCUT2D eigenvalue weighted by Crippen LogP contribution is 2.15. The molecule has 1 aliphatic heterocycles. The second-order valence-corrected chi connectivity index (χ2v) is 8.03. The molecule has 2 amide bonds. The summed E-state index contributed by atoms with van der Waals surface area (Å²) in [5, 5.41) is 5.80. The Morgan fingerprint density at radius 1 is 1.10 bits per heavy atom. The number of benzene rings is 2. The Morgan fingerprint density at radius 3 is 2.48 bits per heavy atom. The summed E-state index contributed by atoms with van der Waals surface area (Å²) < 4.78 is 10.9. The van der Waals surface area contributed by atoms with Gasteiger partial charge in [0, 0.05) is 29.9 Å². The number of nitrogens with zero attached hydrogens (tertiary/aromatic N) is 1. The van der Waals surface area contributed by atoms with Crippen LogP contribution in [-0.2, 0) is 4.74 Å². The maximum absolute atomic E-state index is 12.5. The highest BCUT2D eigenvalue weighted by molar-refractivity contribution is 7.80. The van der Waals surface area contributed by atoms with E-state index in [2.05, 4.69) is 24.5 Å². The van der Waals surface area contributed by atoms with Crippen molar-refractivity contribution >= 4 is 34.8 Å². The van der Waals surface area contributed by atoms with Crippen LogP contribution < -0.4 is 15.4 Å². The number of thiocarbonyl (C=S) groups is 1. The van der Waals surface area contributed by atoms with Crippen LogP contribution in [0.15, 0.2) is 48.5 Å². The Morgan fingerprint density at radius 2 is 1.81 bits per heavy atom. The molecule has 0 saturated carbocycles. The van der Waals surface area contributed by atoms with Gasteiger partial charge < -0.3 is 19.7 Å². The van der Waals surface area contributed by atoms with Gasteiger partial charge in [0.15, 0.2) is 5.11 Å². The molecule has 0 bridgehead atoms. The van der Waals surface area contributed by atoms with Crippen molar-refractivity contribution in [2.45, 2.75) is 13.8 Å². The van der Waals surface area contributed by atoms with Crippen molar-refractivity contribution in [3.8, 4) is 5.75 Å².